The number of phenolic OH excluding ortho intramolecular Hbond substituents is 1. The molecular formula is C24H31N5O3S2. The average Bonchev–Trinajstić information content (AvgIpc) is 3.53. The number of aryl methyl sites for hydroxylation is 1. The van der Waals surface area contributed by atoms with E-state index in [0.717, 1.165) is 24.6 Å². The quantitative estimate of drug-likeness (QED) is 0.331. The standard InChI is InChI=1S/C24H31N5O3S2/c1-14-10-11-18(33-14)20(24(2,3)4)26-22-21(27-34-28-22)25-17-9-5-8-16(19(17)31)23(32)29-12-6-7-15(29)13-30/h5,8-11,15,20,30-31H,6-7,12-13H2,1-4H3,(H,25,27)(H,26,28)/t15?,20-/m0/s1. The van der Waals surface area contributed by atoms with Crippen LogP contribution in [0, 0.1) is 12.3 Å². The molecule has 1 fully saturated rings. The zero-order valence-electron chi connectivity index (χ0n) is 19.8. The highest BCUT2D eigenvalue weighted by molar-refractivity contribution is 7.12. The Bertz CT molecular complexity index is 1150. The molecule has 1 aliphatic heterocycles. The summed E-state index contributed by atoms with van der Waals surface area (Å²) in [5, 5.41) is 27.2. The molecule has 1 unspecified atom stereocenters. The Morgan fingerprint density at radius 2 is 2.00 bits per heavy atom. The van der Waals surface area contributed by atoms with E-state index in [2.05, 4.69) is 59.2 Å². The molecule has 1 aromatic carbocycles. The molecule has 1 amide bonds. The average molecular weight is 502 g/mol. The molecule has 10 heteroatoms. The first-order valence-electron chi connectivity index (χ1n) is 11.3. The number of hydrogen-bond donors (Lipinski definition) is 4. The highest BCUT2D eigenvalue weighted by Crippen LogP contribution is 2.41. The number of aromatic nitrogens is 2. The van der Waals surface area contributed by atoms with E-state index in [1.807, 2.05) is 0 Å². The Morgan fingerprint density at radius 1 is 1.24 bits per heavy atom. The van der Waals surface area contributed by atoms with Crippen LogP contribution in [0.2, 0.25) is 0 Å². The molecule has 4 N–H and O–H groups in total. The maximum atomic E-state index is 13.1. The van der Waals surface area contributed by atoms with E-state index in [0.29, 0.717) is 23.9 Å². The maximum Gasteiger partial charge on any atom is 0.258 e. The number of aliphatic hydroxyl groups excluding tert-OH is 1. The number of thiophene rings is 1. The number of nitrogens with zero attached hydrogens (tertiary/aromatic N) is 3. The second-order valence-electron chi connectivity index (χ2n) is 9.66. The molecule has 2 atom stereocenters. The molecule has 182 valence electrons. The Hall–Kier alpha value is -2.69. The van der Waals surface area contributed by atoms with Crippen molar-refractivity contribution in [2.75, 3.05) is 23.8 Å². The maximum absolute atomic E-state index is 13.1. The van der Waals surface area contributed by atoms with Gasteiger partial charge in [0.15, 0.2) is 17.4 Å². The SMILES string of the molecule is Cc1ccc([C@H](Nc2nsnc2Nc2cccc(C(=O)N3CCCC3CO)c2O)C(C)(C)C)s1. The van der Waals surface area contributed by atoms with Crippen molar-refractivity contribution in [2.24, 2.45) is 5.41 Å². The first kappa shape index (κ1) is 24.4. The minimum absolute atomic E-state index is 0.0164. The van der Waals surface area contributed by atoms with E-state index >= 15 is 0 Å². The smallest absolute Gasteiger partial charge is 0.258 e. The van der Waals surface area contributed by atoms with Crippen molar-refractivity contribution in [1.29, 1.82) is 0 Å². The summed E-state index contributed by atoms with van der Waals surface area (Å²) in [5.74, 6) is 0.651. The van der Waals surface area contributed by atoms with Crippen LogP contribution in [0.3, 0.4) is 0 Å². The molecule has 4 rings (SSSR count). The highest BCUT2D eigenvalue weighted by Gasteiger charge is 2.31. The Morgan fingerprint density at radius 3 is 2.68 bits per heavy atom. The number of nitrogens with one attached hydrogen (secondary N) is 2. The first-order valence-corrected chi connectivity index (χ1v) is 12.9. The van der Waals surface area contributed by atoms with Crippen LogP contribution in [0.25, 0.3) is 0 Å². The lowest BCUT2D eigenvalue weighted by atomic mass is 9.86. The molecule has 3 heterocycles. The summed E-state index contributed by atoms with van der Waals surface area (Å²) < 4.78 is 8.83. The largest absolute Gasteiger partial charge is 0.505 e. The van der Waals surface area contributed by atoms with E-state index < -0.39 is 0 Å². The number of hydrogen-bond acceptors (Lipinski definition) is 9. The molecular weight excluding hydrogens is 470 g/mol. The summed E-state index contributed by atoms with van der Waals surface area (Å²) in [6.07, 6.45) is 1.60. The highest BCUT2D eigenvalue weighted by atomic mass is 32.1. The third kappa shape index (κ3) is 5.03. The fourth-order valence-corrected chi connectivity index (χ4v) is 5.87. The van der Waals surface area contributed by atoms with Crippen LogP contribution in [-0.2, 0) is 0 Å². The number of phenols is 1. The summed E-state index contributed by atoms with van der Waals surface area (Å²) in [6, 6.07) is 9.07. The van der Waals surface area contributed by atoms with Gasteiger partial charge in [-0.15, -0.1) is 11.3 Å². The van der Waals surface area contributed by atoms with Gasteiger partial charge in [-0.3, -0.25) is 4.79 Å². The lowest BCUT2D eigenvalue weighted by molar-refractivity contribution is 0.0674. The summed E-state index contributed by atoms with van der Waals surface area (Å²) in [4.78, 5) is 17.2. The molecule has 0 saturated carbocycles. The van der Waals surface area contributed by atoms with Gasteiger partial charge in [0, 0.05) is 16.3 Å². The predicted octanol–water partition coefficient (Wildman–Crippen LogP) is 5.15. The van der Waals surface area contributed by atoms with Crippen LogP contribution >= 0.6 is 23.1 Å². The number of para-hydroxylation sites is 1. The normalized spacial score (nSPS) is 17.1. The van der Waals surface area contributed by atoms with E-state index in [-0.39, 0.29) is 41.3 Å². The first-order chi connectivity index (χ1) is 16.2. The third-order valence-corrected chi connectivity index (χ3v) is 7.64. The summed E-state index contributed by atoms with van der Waals surface area (Å²) in [5.41, 5.74) is 0.497. The molecule has 3 aromatic rings. The van der Waals surface area contributed by atoms with Crippen molar-refractivity contribution in [3.63, 3.8) is 0 Å². The number of aliphatic hydroxyl groups is 1. The van der Waals surface area contributed by atoms with Crippen molar-refractivity contribution in [3.8, 4) is 5.75 Å². The summed E-state index contributed by atoms with van der Waals surface area (Å²) in [6.45, 7) is 9.10. The van der Waals surface area contributed by atoms with Crippen molar-refractivity contribution < 1.29 is 15.0 Å². The molecule has 0 radical (unpaired) electrons. The van der Waals surface area contributed by atoms with Gasteiger partial charge in [-0.25, -0.2) is 0 Å². The van der Waals surface area contributed by atoms with Gasteiger partial charge >= 0.3 is 0 Å². The van der Waals surface area contributed by atoms with Gasteiger partial charge in [-0.05, 0) is 49.4 Å². The number of anilines is 3. The van der Waals surface area contributed by atoms with Crippen LogP contribution in [0.4, 0.5) is 17.3 Å². The summed E-state index contributed by atoms with van der Waals surface area (Å²) in [7, 11) is 0. The molecule has 2 aromatic heterocycles. The Kier molecular flexibility index (Phi) is 7.11. The van der Waals surface area contributed by atoms with Crippen LogP contribution in [0.1, 0.15) is 59.8 Å². The van der Waals surface area contributed by atoms with Gasteiger partial charge in [0.05, 0.1) is 41.7 Å². The fraction of sp³-hybridized carbons (Fsp3) is 0.458. The van der Waals surface area contributed by atoms with Gasteiger partial charge < -0.3 is 25.7 Å². The van der Waals surface area contributed by atoms with Crippen LogP contribution in [0.15, 0.2) is 30.3 Å². The van der Waals surface area contributed by atoms with Gasteiger partial charge in [0.25, 0.3) is 5.91 Å². The second kappa shape index (κ2) is 9.89. The van der Waals surface area contributed by atoms with Crippen LogP contribution in [0.5, 0.6) is 5.75 Å². The van der Waals surface area contributed by atoms with Crippen LogP contribution in [-0.4, -0.2) is 49.0 Å². The lowest BCUT2D eigenvalue weighted by Gasteiger charge is -2.31. The van der Waals surface area contributed by atoms with E-state index in [9.17, 15) is 15.0 Å². The van der Waals surface area contributed by atoms with Crippen LogP contribution < -0.4 is 10.6 Å². The number of likely N-dealkylation sites (tertiary alicyclic amines) is 1. The van der Waals surface area contributed by atoms with E-state index in [4.69, 9.17) is 0 Å². The second-order valence-corrected chi connectivity index (χ2v) is 11.5. The minimum atomic E-state index is -0.284. The van der Waals surface area contributed by atoms with Gasteiger partial charge in [0.2, 0.25) is 0 Å². The fourth-order valence-electron chi connectivity index (χ4n) is 4.22. The summed E-state index contributed by atoms with van der Waals surface area (Å²) >= 11 is 2.82. The zero-order chi connectivity index (χ0) is 24.5. The molecule has 34 heavy (non-hydrogen) atoms. The van der Waals surface area contributed by atoms with Gasteiger partial charge in [-0.1, -0.05) is 26.8 Å². The van der Waals surface area contributed by atoms with Crippen molar-refractivity contribution >= 4 is 46.3 Å². The molecule has 0 spiro atoms. The monoisotopic (exact) mass is 501 g/mol. The predicted molar refractivity (Wildman–Crippen MR) is 137 cm³/mol. The number of carbonyl (C=O) groups excluding carboxylic acids is 1. The number of carbonyl (C=O) groups is 1. The Balaban J connectivity index is 1.58. The number of amides is 1. The molecule has 0 bridgehead atoms. The van der Waals surface area contributed by atoms with Crippen molar-refractivity contribution in [2.45, 2.75) is 52.6 Å². The molecule has 0 aliphatic carbocycles. The van der Waals surface area contributed by atoms with Crippen molar-refractivity contribution in [3.05, 3.63) is 45.6 Å². The topological polar surface area (TPSA) is 111 Å². The van der Waals surface area contributed by atoms with Gasteiger partial charge in [-0.2, -0.15) is 8.75 Å². The zero-order valence-corrected chi connectivity index (χ0v) is 21.5. The number of rotatable bonds is 7. The number of benzene rings is 1. The van der Waals surface area contributed by atoms with E-state index in [1.54, 1.807) is 34.4 Å². The number of aromatic hydroxyl groups is 1. The van der Waals surface area contributed by atoms with Gasteiger partial charge in [0.1, 0.15) is 0 Å². The molecule has 1 saturated heterocycles. The molecule has 1 aliphatic rings. The third-order valence-electron chi connectivity index (χ3n) is 6.05. The Labute approximate surface area is 208 Å². The minimum Gasteiger partial charge on any atom is -0.505 e. The van der Waals surface area contributed by atoms with E-state index in [1.165, 1.54) is 9.75 Å². The molecule has 8 nitrogen and oxygen atoms in total. The van der Waals surface area contributed by atoms with Crippen molar-refractivity contribution in [1.82, 2.24) is 13.6 Å². The lowest BCUT2D eigenvalue weighted by Crippen LogP contribution is -2.37.